The number of nitrogens with two attached hydrogens (primary N) is 1. The number of rotatable bonds is 4. The Morgan fingerprint density at radius 3 is 1.17 bits per heavy atom. The SMILES string of the molecule is CC(=N)c1ccc(-c2ccc(-c3ccc(C(=N)N)cc3)cc2)cc1. The maximum atomic E-state index is 7.65. The van der Waals surface area contributed by atoms with E-state index in [9.17, 15) is 0 Å². The van der Waals surface area contributed by atoms with Crippen molar-refractivity contribution in [1.29, 1.82) is 10.8 Å². The normalized spacial score (nSPS) is 10.4. The minimum absolute atomic E-state index is 0.0838. The van der Waals surface area contributed by atoms with Crippen LogP contribution in [0.25, 0.3) is 22.3 Å². The third-order valence-corrected chi connectivity index (χ3v) is 4.07. The van der Waals surface area contributed by atoms with Gasteiger partial charge >= 0.3 is 0 Å². The van der Waals surface area contributed by atoms with Crippen LogP contribution in [0.4, 0.5) is 0 Å². The molecule has 3 aromatic carbocycles. The first kappa shape index (κ1) is 15.7. The zero-order chi connectivity index (χ0) is 17.1. The monoisotopic (exact) mass is 313 g/mol. The first-order valence-corrected chi connectivity index (χ1v) is 7.75. The Hall–Kier alpha value is -3.20. The van der Waals surface area contributed by atoms with Crippen molar-refractivity contribution >= 4 is 11.5 Å². The van der Waals surface area contributed by atoms with E-state index < -0.39 is 0 Å². The average Bonchev–Trinajstić information content (AvgIpc) is 2.62. The minimum Gasteiger partial charge on any atom is -0.384 e. The van der Waals surface area contributed by atoms with Gasteiger partial charge in [-0.05, 0) is 34.7 Å². The molecule has 0 amide bonds. The molecule has 24 heavy (non-hydrogen) atoms. The molecule has 3 aromatic rings. The van der Waals surface area contributed by atoms with Crippen LogP contribution in [0.5, 0.6) is 0 Å². The highest BCUT2D eigenvalue weighted by atomic mass is 14.7. The van der Waals surface area contributed by atoms with Gasteiger partial charge in [0.1, 0.15) is 5.84 Å². The number of hydrogen-bond acceptors (Lipinski definition) is 2. The zero-order valence-corrected chi connectivity index (χ0v) is 13.5. The second-order valence-electron chi connectivity index (χ2n) is 5.77. The molecule has 0 atom stereocenters. The topological polar surface area (TPSA) is 73.7 Å². The van der Waals surface area contributed by atoms with Crippen LogP contribution in [0.3, 0.4) is 0 Å². The van der Waals surface area contributed by atoms with Gasteiger partial charge in [0.25, 0.3) is 0 Å². The molecular formula is C21H19N3. The molecule has 4 N–H and O–H groups in total. The van der Waals surface area contributed by atoms with Crippen molar-refractivity contribution in [1.82, 2.24) is 0 Å². The van der Waals surface area contributed by atoms with Gasteiger partial charge in [0, 0.05) is 11.3 Å². The van der Waals surface area contributed by atoms with Crippen LogP contribution >= 0.6 is 0 Å². The maximum absolute atomic E-state index is 7.65. The molecule has 0 aliphatic rings. The quantitative estimate of drug-likeness (QED) is 0.474. The van der Waals surface area contributed by atoms with Crippen LogP contribution in [0.2, 0.25) is 0 Å². The third kappa shape index (κ3) is 3.25. The Morgan fingerprint density at radius 1 is 0.583 bits per heavy atom. The van der Waals surface area contributed by atoms with Crippen molar-refractivity contribution in [3.8, 4) is 22.3 Å². The molecule has 0 aromatic heterocycles. The van der Waals surface area contributed by atoms with E-state index in [-0.39, 0.29) is 5.84 Å². The summed E-state index contributed by atoms with van der Waals surface area (Å²) in [7, 11) is 0. The summed E-state index contributed by atoms with van der Waals surface area (Å²) in [6.45, 7) is 1.79. The lowest BCUT2D eigenvalue weighted by Crippen LogP contribution is -2.10. The summed E-state index contributed by atoms with van der Waals surface area (Å²) in [5.74, 6) is 0.0838. The Kier molecular flexibility index (Phi) is 4.25. The minimum atomic E-state index is 0.0838. The van der Waals surface area contributed by atoms with Gasteiger partial charge in [-0.2, -0.15) is 0 Å². The van der Waals surface area contributed by atoms with E-state index >= 15 is 0 Å². The summed E-state index contributed by atoms with van der Waals surface area (Å²) < 4.78 is 0. The van der Waals surface area contributed by atoms with E-state index in [1.54, 1.807) is 6.92 Å². The summed E-state index contributed by atoms with van der Waals surface area (Å²) in [5, 5.41) is 15.1. The van der Waals surface area contributed by atoms with E-state index in [1.807, 2.05) is 48.5 Å². The highest BCUT2D eigenvalue weighted by Crippen LogP contribution is 2.25. The van der Waals surface area contributed by atoms with Gasteiger partial charge < -0.3 is 11.1 Å². The van der Waals surface area contributed by atoms with Gasteiger partial charge in [0.2, 0.25) is 0 Å². The molecule has 0 saturated carbocycles. The van der Waals surface area contributed by atoms with Crippen LogP contribution in [0.15, 0.2) is 72.8 Å². The highest BCUT2D eigenvalue weighted by molar-refractivity contribution is 5.96. The fourth-order valence-electron chi connectivity index (χ4n) is 2.61. The molecule has 0 aliphatic heterocycles. The molecule has 0 radical (unpaired) electrons. The molecule has 0 unspecified atom stereocenters. The first-order valence-electron chi connectivity index (χ1n) is 7.75. The van der Waals surface area contributed by atoms with Crippen LogP contribution in [-0.4, -0.2) is 11.5 Å². The Morgan fingerprint density at radius 2 is 0.875 bits per heavy atom. The highest BCUT2D eigenvalue weighted by Gasteiger charge is 2.03. The summed E-state index contributed by atoms with van der Waals surface area (Å²) in [6, 6.07) is 24.1. The van der Waals surface area contributed by atoms with Gasteiger partial charge in [-0.25, -0.2) is 0 Å². The molecule has 0 fully saturated rings. The zero-order valence-electron chi connectivity index (χ0n) is 13.5. The lowest BCUT2D eigenvalue weighted by molar-refractivity contribution is 1.42. The van der Waals surface area contributed by atoms with Crippen LogP contribution in [0, 0.1) is 10.8 Å². The predicted octanol–water partition coefficient (Wildman–Crippen LogP) is 4.69. The van der Waals surface area contributed by atoms with Crippen molar-refractivity contribution in [2.45, 2.75) is 6.92 Å². The molecule has 0 heterocycles. The largest absolute Gasteiger partial charge is 0.384 e. The van der Waals surface area contributed by atoms with Gasteiger partial charge in [-0.1, -0.05) is 72.8 Å². The lowest BCUT2D eigenvalue weighted by Gasteiger charge is -2.07. The van der Waals surface area contributed by atoms with Gasteiger partial charge in [-0.15, -0.1) is 0 Å². The molecule has 3 heteroatoms. The second-order valence-corrected chi connectivity index (χ2v) is 5.77. The summed E-state index contributed by atoms with van der Waals surface area (Å²) in [4.78, 5) is 0. The van der Waals surface area contributed by atoms with Crippen LogP contribution in [-0.2, 0) is 0 Å². The lowest BCUT2D eigenvalue weighted by atomic mass is 9.98. The Balaban J connectivity index is 1.84. The second kappa shape index (κ2) is 6.50. The molecule has 0 saturated heterocycles. The Labute approximate surface area is 141 Å². The fourth-order valence-corrected chi connectivity index (χ4v) is 2.61. The van der Waals surface area contributed by atoms with E-state index in [1.165, 1.54) is 0 Å². The molecule has 3 rings (SSSR count). The van der Waals surface area contributed by atoms with Crippen LogP contribution in [0.1, 0.15) is 18.1 Å². The predicted molar refractivity (Wildman–Crippen MR) is 101 cm³/mol. The van der Waals surface area contributed by atoms with Gasteiger partial charge in [0.15, 0.2) is 0 Å². The summed E-state index contributed by atoms with van der Waals surface area (Å²) >= 11 is 0. The molecule has 118 valence electrons. The number of nitrogens with one attached hydrogen (secondary N) is 2. The average molecular weight is 313 g/mol. The van der Waals surface area contributed by atoms with E-state index in [0.717, 1.165) is 33.4 Å². The van der Waals surface area contributed by atoms with E-state index in [2.05, 4.69) is 24.3 Å². The molecule has 3 nitrogen and oxygen atoms in total. The van der Waals surface area contributed by atoms with Crippen molar-refractivity contribution < 1.29 is 0 Å². The summed E-state index contributed by atoms with van der Waals surface area (Å²) in [5.41, 5.74) is 12.2. The smallest absolute Gasteiger partial charge is 0.122 e. The molecule has 0 spiro atoms. The van der Waals surface area contributed by atoms with Crippen LogP contribution < -0.4 is 5.73 Å². The number of hydrogen-bond donors (Lipinski definition) is 3. The number of nitrogen functional groups attached to an aromatic ring is 1. The van der Waals surface area contributed by atoms with Crippen molar-refractivity contribution in [3.63, 3.8) is 0 Å². The summed E-state index contributed by atoms with van der Waals surface area (Å²) in [6.07, 6.45) is 0. The number of amidine groups is 1. The molecular weight excluding hydrogens is 294 g/mol. The molecule has 0 aliphatic carbocycles. The third-order valence-electron chi connectivity index (χ3n) is 4.07. The first-order chi connectivity index (χ1) is 11.5. The van der Waals surface area contributed by atoms with Crippen molar-refractivity contribution in [2.24, 2.45) is 5.73 Å². The van der Waals surface area contributed by atoms with E-state index in [4.69, 9.17) is 16.6 Å². The number of benzene rings is 3. The van der Waals surface area contributed by atoms with Crippen molar-refractivity contribution in [2.75, 3.05) is 0 Å². The Bertz CT molecular complexity index is 797. The maximum Gasteiger partial charge on any atom is 0.122 e. The van der Waals surface area contributed by atoms with E-state index in [0.29, 0.717) is 5.71 Å². The standard InChI is InChI=1S/C21H19N3/c1-14(22)15-2-4-16(5-3-15)17-6-8-18(9-7-17)19-10-12-20(13-11-19)21(23)24/h2-13,22H,1H3,(H3,23,24). The fraction of sp³-hybridized carbons (Fsp3) is 0.0476. The molecule has 0 bridgehead atoms. The van der Waals surface area contributed by atoms with Gasteiger partial charge in [0.05, 0.1) is 0 Å². The van der Waals surface area contributed by atoms with Gasteiger partial charge in [-0.3, -0.25) is 5.41 Å². The van der Waals surface area contributed by atoms with Crippen molar-refractivity contribution in [3.05, 3.63) is 83.9 Å².